The number of hydrazine groups is 1. The van der Waals surface area contributed by atoms with Crippen molar-refractivity contribution in [2.75, 3.05) is 19.6 Å². The maximum Gasteiger partial charge on any atom is 0.273 e. The molecule has 0 atom stereocenters. The Morgan fingerprint density at radius 1 is 1.50 bits per heavy atom. The lowest BCUT2D eigenvalue weighted by atomic mass is 10.2. The second-order valence-electron chi connectivity index (χ2n) is 4.61. The third-order valence-electron chi connectivity index (χ3n) is 3.28. The summed E-state index contributed by atoms with van der Waals surface area (Å²) in [5, 5.41) is 10.0. The zero-order chi connectivity index (χ0) is 14.5. The Bertz CT molecular complexity index is 531. The van der Waals surface area contributed by atoms with Gasteiger partial charge in [-0.1, -0.05) is 18.5 Å². The second kappa shape index (κ2) is 6.63. The highest BCUT2D eigenvalue weighted by atomic mass is 35.5. The predicted octanol–water partition coefficient (Wildman–Crippen LogP) is 1.89. The number of aromatic hydroxyl groups is 1. The van der Waals surface area contributed by atoms with E-state index >= 15 is 0 Å². The first-order valence-corrected chi connectivity index (χ1v) is 6.94. The van der Waals surface area contributed by atoms with E-state index in [1.807, 2.05) is 6.08 Å². The monoisotopic (exact) mass is 295 g/mol. The molecule has 2 rings (SSSR count). The van der Waals surface area contributed by atoms with E-state index in [-0.39, 0.29) is 11.3 Å². The van der Waals surface area contributed by atoms with E-state index in [1.165, 1.54) is 18.2 Å². The number of hydrogen-bond donors (Lipinski definition) is 3. The molecule has 1 heterocycles. The van der Waals surface area contributed by atoms with E-state index in [1.54, 1.807) is 0 Å². The van der Waals surface area contributed by atoms with Crippen LogP contribution in [-0.4, -0.2) is 35.5 Å². The van der Waals surface area contributed by atoms with Crippen LogP contribution in [0.25, 0.3) is 0 Å². The third kappa shape index (κ3) is 3.65. The number of nitrogens with zero attached hydrogens (tertiary/aromatic N) is 1. The van der Waals surface area contributed by atoms with Crippen molar-refractivity contribution < 1.29 is 9.90 Å². The molecule has 0 fully saturated rings. The minimum Gasteiger partial charge on any atom is -0.507 e. The molecule has 0 saturated carbocycles. The molecule has 1 aromatic rings. The number of halogens is 1. The van der Waals surface area contributed by atoms with Crippen LogP contribution < -0.4 is 10.9 Å². The molecule has 0 bridgehead atoms. The van der Waals surface area contributed by atoms with Gasteiger partial charge in [0.2, 0.25) is 0 Å². The Kier molecular flexibility index (Phi) is 4.87. The molecule has 0 saturated heterocycles. The van der Waals surface area contributed by atoms with Gasteiger partial charge in [0, 0.05) is 30.2 Å². The van der Waals surface area contributed by atoms with Gasteiger partial charge in [0.15, 0.2) is 0 Å². The van der Waals surface area contributed by atoms with Crippen molar-refractivity contribution in [3.63, 3.8) is 0 Å². The Hall–Kier alpha value is -1.72. The number of rotatable bonds is 4. The third-order valence-corrected chi connectivity index (χ3v) is 3.52. The maximum atomic E-state index is 12.0. The molecule has 0 aromatic heterocycles. The zero-order valence-corrected chi connectivity index (χ0v) is 12.1. The van der Waals surface area contributed by atoms with Crippen molar-refractivity contribution in [1.29, 1.82) is 0 Å². The van der Waals surface area contributed by atoms with E-state index in [2.05, 4.69) is 22.7 Å². The van der Waals surface area contributed by atoms with Crippen LogP contribution in [0.1, 0.15) is 23.7 Å². The summed E-state index contributed by atoms with van der Waals surface area (Å²) in [6, 6.07) is 4.36. The van der Waals surface area contributed by atoms with Crippen molar-refractivity contribution >= 4 is 17.5 Å². The van der Waals surface area contributed by atoms with E-state index in [9.17, 15) is 9.90 Å². The number of phenols is 1. The highest BCUT2D eigenvalue weighted by Crippen LogP contribution is 2.21. The summed E-state index contributed by atoms with van der Waals surface area (Å²) in [6.45, 7) is 4.98. The molecule has 1 aliphatic rings. The molecular formula is C14H18ClN3O2. The highest BCUT2D eigenvalue weighted by molar-refractivity contribution is 6.31. The standard InChI is InChI=1S/C14H18ClN3O2/c1-2-18-7-5-11(6-8-18)16-17-14(20)12-9-10(15)3-4-13(12)19/h3-5,9,16,19H,2,6-8H2,1H3,(H,17,20). The molecule has 0 radical (unpaired) electrons. The quantitative estimate of drug-likeness (QED) is 0.742. The van der Waals surface area contributed by atoms with Crippen LogP contribution in [0.5, 0.6) is 5.75 Å². The molecule has 0 unspecified atom stereocenters. The second-order valence-corrected chi connectivity index (χ2v) is 5.05. The highest BCUT2D eigenvalue weighted by Gasteiger charge is 2.13. The summed E-state index contributed by atoms with van der Waals surface area (Å²) in [4.78, 5) is 14.3. The van der Waals surface area contributed by atoms with Crippen LogP contribution in [0.2, 0.25) is 5.02 Å². The average Bonchev–Trinajstić information content (AvgIpc) is 2.47. The minimum atomic E-state index is -0.413. The first-order valence-electron chi connectivity index (χ1n) is 6.56. The van der Waals surface area contributed by atoms with Crippen LogP contribution in [0, 0.1) is 0 Å². The minimum absolute atomic E-state index is 0.0940. The van der Waals surface area contributed by atoms with Gasteiger partial charge in [0.05, 0.1) is 5.56 Å². The molecule has 108 valence electrons. The van der Waals surface area contributed by atoms with Gasteiger partial charge in [0.25, 0.3) is 5.91 Å². The van der Waals surface area contributed by atoms with Gasteiger partial charge in [-0.15, -0.1) is 0 Å². The van der Waals surface area contributed by atoms with Crippen LogP contribution >= 0.6 is 11.6 Å². The van der Waals surface area contributed by atoms with Crippen molar-refractivity contribution in [2.45, 2.75) is 13.3 Å². The smallest absolute Gasteiger partial charge is 0.273 e. The molecule has 6 heteroatoms. The molecule has 5 nitrogen and oxygen atoms in total. The summed E-state index contributed by atoms with van der Waals surface area (Å²) in [7, 11) is 0. The summed E-state index contributed by atoms with van der Waals surface area (Å²) >= 11 is 5.81. The molecular weight excluding hydrogens is 278 g/mol. The van der Waals surface area contributed by atoms with E-state index in [4.69, 9.17) is 11.6 Å². The Labute approximate surface area is 123 Å². The largest absolute Gasteiger partial charge is 0.507 e. The van der Waals surface area contributed by atoms with Gasteiger partial charge < -0.3 is 10.5 Å². The lowest BCUT2D eigenvalue weighted by Crippen LogP contribution is -2.40. The molecule has 20 heavy (non-hydrogen) atoms. The summed E-state index contributed by atoms with van der Waals surface area (Å²) in [5.41, 5.74) is 6.59. The summed E-state index contributed by atoms with van der Waals surface area (Å²) < 4.78 is 0. The van der Waals surface area contributed by atoms with Crippen molar-refractivity contribution in [2.24, 2.45) is 0 Å². The van der Waals surface area contributed by atoms with Gasteiger partial charge in [-0.3, -0.25) is 15.1 Å². The number of nitrogens with one attached hydrogen (secondary N) is 2. The van der Waals surface area contributed by atoms with Gasteiger partial charge in [-0.25, -0.2) is 0 Å². The normalized spacial score (nSPS) is 15.6. The number of carbonyl (C=O) groups excluding carboxylic acids is 1. The SMILES string of the molecule is CCN1CC=C(NNC(=O)c2cc(Cl)ccc2O)CC1. The van der Waals surface area contributed by atoms with Gasteiger partial charge in [-0.05, 0) is 30.8 Å². The van der Waals surface area contributed by atoms with Gasteiger partial charge in [0.1, 0.15) is 5.75 Å². The summed E-state index contributed by atoms with van der Waals surface area (Å²) in [6.07, 6.45) is 2.90. The molecule has 0 aliphatic carbocycles. The fourth-order valence-corrected chi connectivity index (χ4v) is 2.18. The summed E-state index contributed by atoms with van der Waals surface area (Å²) in [5.74, 6) is -0.507. The fourth-order valence-electron chi connectivity index (χ4n) is 2.01. The van der Waals surface area contributed by atoms with Crippen molar-refractivity contribution in [1.82, 2.24) is 15.8 Å². The fraction of sp³-hybridized carbons (Fsp3) is 0.357. The lowest BCUT2D eigenvalue weighted by Gasteiger charge is -2.25. The first kappa shape index (κ1) is 14.7. The number of carbonyl (C=O) groups is 1. The van der Waals surface area contributed by atoms with Gasteiger partial charge >= 0.3 is 0 Å². The number of phenolic OH excluding ortho intramolecular Hbond substituents is 1. The number of benzene rings is 1. The van der Waals surface area contributed by atoms with Crippen LogP contribution in [0.15, 0.2) is 30.0 Å². The topological polar surface area (TPSA) is 64.6 Å². The molecule has 1 aliphatic heterocycles. The first-order chi connectivity index (χ1) is 9.60. The molecule has 1 amide bonds. The molecule has 3 N–H and O–H groups in total. The lowest BCUT2D eigenvalue weighted by molar-refractivity contribution is 0.0934. The van der Waals surface area contributed by atoms with Gasteiger partial charge in [-0.2, -0.15) is 0 Å². The number of amides is 1. The van der Waals surface area contributed by atoms with E-state index in [0.29, 0.717) is 5.02 Å². The van der Waals surface area contributed by atoms with E-state index < -0.39 is 5.91 Å². The van der Waals surface area contributed by atoms with Crippen LogP contribution in [0.4, 0.5) is 0 Å². The molecule has 1 aromatic carbocycles. The maximum absolute atomic E-state index is 12.0. The Balaban J connectivity index is 1.93. The Morgan fingerprint density at radius 3 is 2.95 bits per heavy atom. The predicted molar refractivity (Wildman–Crippen MR) is 78.5 cm³/mol. The van der Waals surface area contributed by atoms with E-state index in [0.717, 1.165) is 31.8 Å². The molecule has 0 spiro atoms. The number of hydrogen-bond acceptors (Lipinski definition) is 4. The van der Waals surface area contributed by atoms with Crippen molar-refractivity contribution in [3.8, 4) is 5.75 Å². The zero-order valence-electron chi connectivity index (χ0n) is 11.3. The Morgan fingerprint density at radius 2 is 2.30 bits per heavy atom. The van der Waals surface area contributed by atoms with Crippen LogP contribution in [-0.2, 0) is 0 Å². The average molecular weight is 296 g/mol. The van der Waals surface area contributed by atoms with Crippen molar-refractivity contribution in [3.05, 3.63) is 40.6 Å². The van der Waals surface area contributed by atoms with Crippen LogP contribution in [0.3, 0.4) is 0 Å². The number of likely N-dealkylation sites (N-methyl/N-ethyl adjacent to an activating group) is 1.